The monoisotopic (exact) mass is 420 g/mol. The van der Waals surface area contributed by atoms with Crippen molar-refractivity contribution in [3.8, 4) is 5.75 Å². The fourth-order valence-corrected chi connectivity index (χ4v) is 2.81. The van der Waals surface area contributed by atoms with Crippen molar-refractivity contribution in [2.45, 2.75) is 20.8 Å². The number of hydrogen-bond donors (Lipinski definition) is 2. The van der Waals surface area contributed by atoms with Crippen LogP contribution < -0.4 is 15.4 Å². The van der Waals surface area contributed by atoms with Crippen molar-refractivity contribution < 1.29 is 9.53 Å². The molecule has 0 atom stereocenters. The summed E-state index contributed by atoms with van der Waals surface area (Å²) in [6.45, 7) is 6.82. The Hall–Kier alpha value is -1.92. The van der Waals surface area contributed by atoms with Gasteiger partial charge in [0.1, 0.15) is 5.75 Å². The molecule has 1 amide bonds. The highest BCUT2D eigenvalue weighted by Gasteiger charge is 2.09. The minimum absolute atomic E-state index is 0.245. The molecule has 6 heteroatoms. The number of hydrogen-bond acceptors (Lipinski definition) is 3. The number of halogens is 1. The molecular weight excluding hydrogens is 400 g/mol. The number of aryl methyl sites for hydroxylation is 1. The van der Waals surface area contributed by atoms with Crippen LogP contribution in [0.1, 0.15) is 29.8 Å². The molecule has 0 radical (unpaired) electrons. The Balaban J connectivity index is 1.93. The summed E-state index contributed by atoms with van der Waals surface area (Å²) in [6.07, 6.45) is 0. The number of rotatable bonds is 5. The number of carbonyl (C=O) groups excluding carboxylic acids is 1. The molecule has 4 nitrogen and oxygen atoms in total. The van der Waals surface area contributed by atoms with Gasteiger partial charge in [-0.15, -0.1) is 0 Å². The van der Waals surface area contributed by atoms with Crippen LogP contribution in [0.3, 0.4) is 0 Å². The molecule has 132 valence electrons. The first-order chi connectivity index (χ1) is 11.8. The topological polar surface area (TPSA) is 50.4 Å². The summed E-state index contributed by atoms with van der Waals surface area (Å²) in [5, 5.41) is 5.93. The molecule has 0 spiro atoms. The zero-order valence-corrected chi connectivity index (χ0v) is 16.8. The largest absolute Gasteiger partial charge is 0.493 e. The minimum atomic E-state index is -0.267. The Morgan fingerprint density at radius 2 is 1.88 bits per heavy atom. The first-order valence-corrected chi connectivity index (χ1v) is 9.16. The van der Waals surface area contributed by atoms with E-state index in [0.717, 1.165) is 21.5 Å². The van der Waals surface area contributed by atoms with Gasteiger partial charge in [0, 0.05) is 10.0 Å². The lowest BCUT2D eigenvalue weighted by Crippen LogP contribution is -2.34. The lowest BCUT2D eigenvalue weighted by Gasteiger charge is -2.12. The van der Waals surface area contributed by atoms with E-state index >= 15 is 0 Å². The van der Waals surface area contributed by atoms with Crippen LogP contribution in [0.15, 0.2) is 46.9 Å². The first kappa shape index (κ1) is 19.4. The number of anilines is 1. The normalized spacial score (nSPS) is 10.4. The lowest BCUT2D eigenvalue weighted by molar-refractivity contribution is 0.0977. The van der Waals surface area contributed by atoms with Crippen molar-refractivity contribution in [3.05, 3.63) is 58.1 Å². The Labute approximate surface area is 162 Å². The van der Waals surface area contributed by atoms with Gasteiger partial charge in [0.05, 0.1) is 12.3 Å². The van der Waals surface area contributed by atoms with E-state index in [-0.39, 0.29) is 11.0 Å². The van der Waals surface area contributed by atoms with Gasteiger partial charge in [-0.25, -0.2) is 0 Å². The van der Waals surface area contributed by atoms with Crippen LogP contribution in [0, 0.1) is 12.8 Å². The van der Waals surface area contributed by atoms with E-state index in [1.807, 2.05) is 25.1 Å². The Bertz CT molecular complexity index is 761. The molecule has 25 heavy (non-hydrogen) atoms. The van der Waals surface area contributed by atoms with Gasteiger partial charge < -0.3 is 10.1 Å². The van der Waals surface area contributed by atoms with Crippen LogP contribution >= 0.6 is 28.1 Å². The highest BCUT2D eigenvalue weighted by atomic mass is 79.9. The molecule has 0 saturated heterocycles. The van der Waals surface area contributed by atoms with E-state index in [4.69, 9.17) is 17.0 Å². The van der Waals surface area contributed by atoms with Crippen molar-refractivity contribution in [1.82, 2.24) is 5.32 Å². The van der Waals surface area contributed by atoms with Gasteiger partial charge in [0.15, 0.2) is 5.11 Å². The number of thiocarbonyl (C=S) groups is 1. The van der Waals surface area contributed by atoms with Crippen molar-refractivity contribution in [1.29, 1.82) is 0 Å². The summed E-state index contributed by atoms with van der Waals surface area (Å²) in [4.78, 5) is 12.3. The molecule has 0 aliphatic heterocycles. The maximum absolute atomic E-state index is 12.3. The summed E-state index contributed by atoms with van der Waals surface area (Å²) >= 11 is 8.68. The third-order valence-corrected chi connectivity index (χ3v) is 4.16. The molecule has 2 rings (SSSR count). The fraction of sp³-hybridized carbons (Fsp3) is 0.263. The zero-order chi connectivity index (χ0) is 18.4. The first-order valence-electron chi connectivity index (χ1n) is 7.96. The highest BCUT2D eigenvalue weighted by Crippen LogP contribution is 2.23. The van der Waals surface area contributed by atoms with Crippen LogP contribution in [0.5, 0.6) is 5.75 Å². The second-order valence-corrected chi connectivity index (χ2v) is 7.38. The molecule has 2 aromatic carbocycles. The van der Waals surface area contributed by atoms with E-state index in [1.54, 1.807) is 24.3 Å². The molecule has 0 fully saturated rings. The van der Waals surface area contributed by atoms with Gasteiger partial charge in [-0.3, -0.25) is 10.1 Å². The minimum Gasteiger partial charge on any atom is -0.493 e. The summed E-state index contributed by atoms with van der Waals surface area (Å²) in [5.41, 5.74) is 2.45. The standard InChI is InChI=1S/C19H21BrN2O2S/c1-12(2)11-24-15-7-5-14(6-8-15)18(23)22-19(25)21-17-9-4-13(3)10-16(17)20/h4-10,12H,11H2,1-3H3,(H2,21,22,23,25). The Kier molecular flexibility index (Phi) is 6.96. The highest BCUT2D eigenvalue weighted by molar-refractivity contribution is 9.10. The average Bonchev–Trinajstić information content (AvgIpc) is 2.56. The van der Waals surface area contributed by atoms with E-state index in [1.165, 1.54) is 0 Å². The molecule has 0 unspecified atom stereocenters. The van der Waals surface area contributed by atoms with E-state index in [9.17, 15) is 4.79 Å². The van der Waals surface area contributed by atoms with Crippen LogP contribution in [0.4, 0.5) is 5.69 Å². The summed E-state index contributed by atoms with van der Waals surface area (Å²) in [6, 6.07) is 12.8. The average molecular weight is 421 g/mol. The maximum atomic E-state index is 12.3. The third-order valence-electron chi connectivity index (χ3n) is 3.30. The van der Waals surface area contributed by atoms with Crippen LogP contribution in [0.25, 0.3) is 0 Å². The molecule has 2 N–H and O–H groups in total. The van der Waals surface area contributed by atoms with Crippen molar-refractivity contribution in [2.24, 2.45) is 5.92 Å². The number of amides is 1. The van der Waals surface area contributed by atoms with Crippen molar-refractivity contribution in [2.75, 3.05) is 11.9 Å². The number of ether oxygens (including phenoxy) is 1. The maximum Gasteiger partial charge on any atom is 0.257 e. The Morgan fingerprint density at radius 1 is 1.20 bits per heavy atom. The molecule has 2 aromatic rings. The van der Waals surface area contributed by atoms with Gasteiger partial charge in [0.2, 0.25) is 0 Å². The van der Waals surface area contributed by atoms with Gasteiger partial charge >= 0.3 is 0 Å². The second-order valence-electron chi connectivity index (χ2n) is 6.12. The third kappa shape index (κ3) is 6.14. The molecule has 0 aliphatic rings. The number of nitrogens with one attached hydrogen (secondary N) is 2. The van der Waals surface area contributed by atoms with Gasteiger partial charge in [-0.05, 0) is 83.0 Å². The predicted octanol–water partition coefficient (Wildman–Crippen LogP) is 4.92. The van der Waals surface area contributed by atoms with Crippen molar-refractivity contribution >= 4 is 44.9 Å². The van der Waals surface area contributed by atoms with Gasteiger partial charge in [-0.2, -0.15) is 0 Å². The van der Waals surface area contributed by atoms with E-state index in [0.29, 0.717) is 18.1 Å². The summed E-state index contributed by atoms with van der Waals surface area (Å²) < 4.78 is 6.49. The van der Waals surface area contributed by atoms with E-state index in [2.05, 4.69) is 40.4 Å². The number of carbonyl (C=O) groups is 1. The van der Waals surface area contributed by atoms with Crippen LogP contribution in [-0.4, -0.2) is 17.6 Å². The van der Waals surface area contributed by atoms with Gasteiger partial charge in [-0.1, -0.05) is 19.9 Å². The summed E-state index contributed by atoms with van der Waals surface area (Å²) in [5.74, 6) is 0.929. The fourth-order valence-electron chi connectivity index (χ4n) is 2.02. The molecule has 0 bridgehead atoms. The quantitative estimate of drug-likeness (QED) is 0.673. The molecule has 0 saturated carbocycles. The van der Waals surface area contributed by atoms with Crippen molar-refractivity contribution in [3.63, 3.8) is 0 Å². The number of benzene rings is 2. The molecular formula is C19H21BrN2O2S. The molecule has 0 heterocycles. The lowest BCUT2D eigenvalue weighted by atomic mass is 10.2. The van der Waals surface area contributed by atoms with Crippen LogP contribution in [0.2, 0.25) is 0 Å². The SMILES string of the molecule is Cc1ccc(NC(=S)NC(=O)c2ccc(OCC(C)C)cc2)c(Br)c1. The predicted molar refractivity (Wildman–Crippen MR) is 109 cm³/mol. The van der Waals surface area contributed by atoms with Gasteiger partial charge in [0.25, 0.3) is 5.91 Å². The zero-order valence-electron chi connectivity index (χ0n) is 14.4. The second kappa shape index (κ2) is 8.97. The smallest absolute Gasteiger partial charge is 0.257 e. The summed E-state index contributed by atoms with van der Waals surface area (Å²) in [7, 11) is 0. The molecule has 0 aromatic heterocycles. The van der Waals surface area contributed by atoms with E-state index < -0.39 is 0 Å². The molecule has 0 aliphatic carbocycles. The Morgan fingerprint density at radius 3 is 2.48 bits per heavy atom. The van der Waals surface area contributed by atoms with Crippen LogP contribution in [-0.2, 0) is 0 Å².